The van der Waals surface area contributed by atoms with E-state index in [1.54, 1.807) is 0 Å². The molecule has 0 radical (unpaired) electrons. The molecule has 53 heavy (non-hydrogen) atoms. The van der Waals surface area contributed by atoms with Crippen molar-refractivity contribution in [2.45, 2.75) is 173 Å². The molecule has 0 spiro atoms. The monoisotopic (exact) mass is 927 g/mol. The lowest BCUT2D eigenvalue weighted by atomic mass is 9.88. The highest BCUT2D eigenvalue weighted by Gasteiger charge is 2.95. The summed E-state index contributed by atoms with van der Waals surface area (Å²) in [6.07, 6.45) is -2.92. The Morgan fingerprint density at radius 2 is 0.604 bits per heavy atom. The third-order valence-corrected chi connectivity index (χ3v) is 9.43. The SMILES string of the molecule is CC(C)CCCCC[N+](CCCCCC(C)C)(CCCCCC(C)C)CCC(F)(F)C(F)(F)C(F)(F)C(F)(F)C(F)(F)C(F)(F)C(F)(F)C(F)(F)F.[I-]. The molecule has 1 nitrogen and oxygen atoms in total. The van der Waals surface area contributed by atoms with Crippen LogP contribution in [0.25, 0.3) is 0 Å². The zero-order valence-electron chi connectivity index (χ0n) is 31.0. The molecule has 0 aromatic carbocycles. The van der Waals surface area contributed by atoms with Crippen LogP contribution in [-0.2, 0) is 0 Å². The largest absolute Gasteiger partial charge is 1.00 e. The summed E-state index contributed by atoms with van der Waals surface area (Å²) in [6, 6.07) is 0. The fraction of sp³-hybridized carbons (Fsp3) is 1.00. The third-order valence-electron chi connectivity index (χ3n) is 9.43. The first-order chi connectivity index (χ1) is 23.2. The topological polar surface area (TPSA) is 0 Å². The number of rotatable bonds is 27. The van der Waals surface area contributed by atoms with E-state index < -0.39 is 60.6 Å². The standard InChI is InChI=1S/C34H55F17N.HI/c1-24(2)16-10-7-13-20-52(21-14-8-11-17-25(3)4,22-15-9-12-18-26(5)6)23-19-27(35,36)28(37,38)29(39,40)30(41,42)31(43,44)32(45,46)33(47,48)34(49,50)51;/h24-26H,7-23H2,1-6H3;1H/q+1;/p-1. The molecule has 322 valence electrons. The van der Waals surface area contributed by atoms with Gasteiger partial charge >= 0.3 is 47.6 Å². The van der Waals surface area contributed by atoms with Crippen LogP contribution < -0.4 is 24.0 Å². The summed E-state index contributed by atoms with van der Waals surface area (Å²) in [5, 5.41) is 0. The van der Waals surface area contributed by atoms with Gasteiger partial charge in [0.05, 0.1) is 32.6 Å². The number of unbranched alkanes of at least 4 members (excludes halogenated alkanes) is 6. The minimum Gasteiger partial charge on any atom is -1.00 e. The number of hydrogen-bond donors (Lipinski definition) is 0. The summed E-state index contributed by atoms with van der Waals surface area (Å²) in [6.45, 7) is 10.9. The van der Waals surface area contributed by atoms with Crippen LogP contribution in [0.4, 0.5) is 74.6 Å². The number of quaternary nitrogens is 1. The fourth-order valence-electron chi connectivity index (χ4n) is 5.93. The van der Waals surface area contributed by atoms with Gasteiger partial charge in [0.25, 0.3) is 0 Å². The molecule has 19 heteroatoms. The fourth-order valence-corrected chi connectivity index (χ4v) is 5.93. The van der Waals surface area contributed by atoms with Crippen LogP contribution in [0, 0.1) is 17.8 Å². The van der Waals surface area contributed by atoms with Gasteiger partial charge in [-0.1, -0.05) is 80.1 Å². The zero-order chi connectivity index (χ0) is 41.3. The summed E-state index contributed by atoms with van der Waals surface area (Å²) >= 11 is 0. The molecule has 0 bridgehead atoms. The molecular formula is C34H55F17IN. The molecular weight excluding hydrogens is 872 g/mol. The maximum absolute atomic E-state index is 15.1. The van der Waals surface area contributed by atoms with E-state index in [1.807, 2.05) is 41.5 Å². The van der Waals surface area contributed by atoms with Crippen molar-refractivity contribution in [3.8, 4) is 0 Å². The summed E-state index contributed by atoms with van der Waals surface area (Å²) in [5.74, 6) is -55.1. The van der Waals surface area contributed by atoms with Gasteiger partial charge in [-0.05, 0) is 56.3 Å². The Labute approximate surface area is 319 Å². The number of hydrogen-bond acceptors (Lipinski definition) is 0. The lowest BCUT2D eigenvalue weighted by molar-refractivity contribution is -0.930. The Hall–Kier alpha value is -0.500. The summed E-state index contributed by atoms with van der Waals surface area (Å²) in [5.41, 5.74) is 0. The predicted octanol–water partition coefficient (Wildman–Crippen LogP) is 10.9. The first-order valence-electron chi connectivity index (χ1n) is 17.8. The molecule has 0 amide bonds. The van der Waals surface area contributed by atoms with Crippen molar-refractivity contribution in [2.75, 3.05) is 26.2 Å². The Morgan fingerprint density at radius 3 is 0.868 bits per heavy atom. The van der Waals surface area contributed by atoms with Crippen LogP contribution in [0.1, 0.15) is 125 Å². The van der Waals surface area contributed by atoms with E-state index >= 15 is 8.78 Å². The highest BCUT2D eigenvalue weighted by atomic mass is 127. The molecule has 0 fully saturated rings. The molecule has 0 aliphatic rings. The van der Waals surface area contributed by atoms with Gasteiger partial charge in [-0.15, -0.1) is 0 Å². The third kappa shape index (κ3) is 13.6. The average molecular weight is 928 g/mol. The quantitative estimate of drug-likeness (QED) is 0.0333. The van der Waals surface area contributed by atoms with E-state index in [0.717, 1.165) is 19.3 Å². The summed E-state index contributed by atoms with van der Waals surface area (Å²) in [7, 11) is 0. The second kappa shape index (κ2) is 20.8. The van der Waals surface area contributed by atoms with Gasteiger partial charge in [-0.3, -0.25) is 0 Å². The van der Waals surface area contributed by atoms with Crippen molar-refractivity contribution in [2.24, 2.45) is 17.8 Å². The van der Waals surface area contributed by atoms with Gasteiger partial charge in [-0.2, -0.15) is 74.6 Å². The minimum absolute atomic E-state index is 0. The van der Waals surface area contributed by atoms with E-state index in [4.69, 9.17) is 0 Å². The summed E-state index contributed by atoms with van der Waals surface area (Å²) < 4.78 is 236. The molecule has 0 aliphatic carbocycles. The Kier molecular flexibility index (Phi) is 21.4. The molecule has 0 aromatic heterocycles. The van der Waals surface area contributed by atoms with Crippen LogP contribution in [0.3, 0.4) is 0 Å². The van der Waals surface area contributed by atoms with Crippen LogP contribution >= 0.6 is 0 Å². The van der Waals surface area contributed by atoms with E-state index in [-0.39, 0.29) is 48.1 Å². The maximum Gasteiger partial charge on any atom is 0.460 e. The Morgan fingerprint density at radius 1 is 0.340 bits per heavy atom. The van der Waals surface area contributed by atoms with Gasteiger partial charge in [-0.25, -0.2) is 0 Å². The molecule has 0 saturated carbocycles. The highest BCUT2D eigenvalue weighted by molar-refractivity contribution is 5.15. The van der Waals surface area contributed by atoms with Gasteiger partial charge < -0.3 is 28.5 Å². The van der Waals surface area contributed by atoms with Crippen molar-refractivity contribution in [3.05, 3.63) is 0 Å². The van der Waals surface area contributed by atoms with Crippen molar-refractivity contribution in [1.82, 2.24) is 0 Å². The Balaban J connectivity index is 0. The van der Waals surface area contributed by atoms with Gasteiger partial charge in [0, 0.05) is 0 Å². The second-order valence-corrected chi connectivity index (χ2v) is 15.4. The second-order valence-electron chi connectivity index (χ2n) is 15.4. The minimum atomic E-state index is -8.61. The van der Waals surface area contributed by atoms with E-state index in [2.05, 4.69) is 0 Å². The van der Waals surface area contributed by atoms with Crippen molar-refractivity contribution >= 4 is 0 Å². The van der Waals surface area contributed by atoms with Crippen LogP contribution in [0.15, 0.2) is 0 Å². The lowest BCUT2D eigenvalue weighted by Crippen LogP contribution is -3.00. The highest BCUT2D eigenvalue weighted by Crippen LogP contribution is 2.64. The van der Waals surface area contributed by atoms with Crippen molar-refractivity contribution in [3.63, 3.8) is 0 Å². The molecule has 0 heterocycles. The van der Waals surface area contributed by atoms with Crippen LogP contribution in [-0.4, -0.2) is 78.3 Å². The number of nitrogens with zero attached hydrogens (tertiary/aromatic N) is 1. The number of alkyl halides is 17. The van der Waals surface area contributed by atoms with Crippen LogP contribution in [0.2, 0.25) is 0 Å². The first kappa shape index (κ1) is 54.6. The Bertz CT molecular complexity index is 982. The van der Waals surface area contributed by atoms with E-state index in [1.165, 1.54) is 0 Å². The molecule has 0 aliphatic heterocycles. The molecule has 0 saturated heterocycles. The van der Waals surface area contributed by atoms with Gasteiger partial charge in [0.15, 0.2) is 0 Å². The van der Waals surface area contributed by atoms with E-state index in [9.17, 15) is 65.9 Å². The molecule has 0 aromatic rings. The predicted molar refractivity (Wildman–Crippen MR) is 165 cm³/mol. The summed E-state index contributed by atoms with van der Waals surface area (Å²) in [4.78, 5) is 0. The number of halogens is 18. The van der Waals surface area contributed by atoms with Crippen molar-refractivity contribution < 1.29 is 103 Å². The maximum atomic E-state index is 15.1. The van der Waals surface area contributed by atoms with Gasteiger partial charge in [0.2, 0.25) is 0 Å². The van der Waals surface area contributed by atoms with Gasteiger partial charge in [0.1, 0.15) is 0 Å². The lowest BCUT2D eigenvalue weighted by Gasteiger charge is -2.44. The molecule has 0 atom stereocenters. The van der Waals surface area contributed by atoms with E-state index in [0.29, 0.717) is 75.5 Å². The zero-order valence-corrected chi connectivity index (χ0v) is 33.2. The first-order valence-corrected chi connectivity index (χ1v) is 17.8. The molecule has 0 N–H and O–H groups in total. The molecule has 0 unspecified atom stereocenters. The molecule has 0 rings (SSSR count). The average Bonchev–Trinajstić information content (AvgIpc) is 2.97. The van der Waals surface area contributed by atoms with Crippen molar-refractivity contribution in [1.29, 1.82) is 0 Å². The normalized spacial score (nSPS) is 14.8. The smallest absolute Gasteiger partial charge is 0.460 e. The van der Waals surface area contributed by atoms with Crippen LogP contribution in [0.5, 0.6) is 0 Å².